The molecule has 100 valence electrons. The molecule has 1 fully saturated rings. The third-order valence-corrected chi connectivity index (χ3v) is 3.88. The zero-order valence-electron chi connectivity index (χ0n) is 10.5. The van der Waals surface area contributed by atoms with Crippen LogP contribution < -0.4 is 5.73 Å². The minimum absolute atomic E-state index is 0.220. The summed E-state index contributed by atoms with van der Waals surface area (Å²) in [5.74, 6) is -0.220. The lowest BCUT2D eigenvalue weighted by Gasteiger charge is -2.28. The number of nitrogens with zero attached hydrogens (tertiary/aromatic N) is 1. The zero-order chi connectivity index (χ0) is 13.0. The van der Waals surface area contributed by atoms with Gasteiger partial charge in [-0.3, -0.25) is 4.90 Å². The molecular formula is C14H20ClFN2. The highest BCUT2D eigenvalue weighted by Gasteiger charge is 2.22. The Bertz CT molecular complexity index is 391. The zero-order valence-corrected chi connectivity index (χ0v) is 11.3. The molecule has 2 rings (SSSR count). The van der Waals surface area contributed by atoms with Crippen LogP contribution in [0, 0.1) is 5.82 Å². The van der Waals surface area contributed by atoms with Crippen molar-refractivity contribution in [1.82, 2.24) is 4.90 Å². The van der Waals surface area contributed by atoms with Crippen LogP contribution in [-0.4, -0.2) is 24.0 Å². The maximum Gasteiger partial charge on any atom is 0.129 e. The highest BCUT2D eigenvalue weighted by atomic mass is 35.5. The van der Waals surface area contributed by atoms with Gasteiger partial charge >= 0.3 is 0 Å². The Labute approximate surface area is 113 Å². The molecule has 0 heterocycles. The first-order valence-electron chi connectivity index (χ1n) is 6.58. The molecule has 18 heavy (non-hydrogen) atoms. The Hall–Kier alpha value is -0.640. The van der Waals surface area contributed by atoms with Crippen molar-refractivity contribution in [2.24, 2.45) is 5.73 Å². The van der Waals surface area contributed by atoms with Gasteiger partial charge in [-0.15, -0.1) is 0 Å². The van der Waals surface area contributed by atoms with Gasteiger partial charge in [0.2, 0.25) is 0 Å². The minimum Gasteiger partial charge on any atom is -0.329 e. The van der Waals surface area contributed by atoms with Crippen LogP contribution in [0.5, 0.6) is 0 Å². The van der Waals surface area contributed by atoms with Gasteiger partial charge in [-0.25, -0.2) is 4.39 Å². The van der Waals surface area contributed by atoms with Gasteiger partial charge in [-0.2, -0.15) is 0 Å². The minimum atomic E-state index is -0.220. The van der Waals surface area contributed by atoms with Gasteiger partial charge in [0, 0.05) is 36.3 Å². The molecule has 1 aromatic carbocycles. The topological polar surface area (TPSA) is 29.3 Å². The molecule has 1 saturated carbocycles. The highest BCUT2D eigenvalue weighted by Crippen LogP contribution is 2.25. The molecule has 2 N–H and O–H groups in total. The number of halogens is 2. The van der Waals surface area contributed by atoms with Crippen LogP contribution in [0.2, 0.25) is 5.02 Å². The Kier molecular flexibility index (Phi) is 4.98. The summed E-state index contributed by atoms with van der Waals surface area (Å²) in [4.78, 5) is 2.30. The number of hydrogen-bond donors (Lipinski definition) is 1. The predicted octanol–water partition coefficient (Wildman–Crippen LogP) is 3.18. The maximum absolute atomic E-state index is 13.8. The van der Waals surface area contributed by atoms with Crippen molar-refractivity contribution in [3.05, 3.63) is 34.6 Å². The third-order valence-electron chi connectivity index (χ3n) is 3.65. The van der Waals surface area contributed by atoms with E-state index in [-0.39, 0.29) is 5.82 Å². The van der Waals surface area contributed by atoms with E-state index >= 15 is 0 Å². The molecule has 0 saturated heterocycles. The summed E-state index contributed by atoms with van der Waals surface area (Å²) in [5.41, 5.74) is 6.36. The second-order valence-electron chi connectivity index (χ2n) is 4.93. The van der Waals surface area contributed by atoms with Crippen molar-refractivity contribution < 1.29 is 4.39 Å². The molecule has 0 aromatic heterocycles. The van der Waals surface area contributed by atoms with Gasteiger partial charge < -0.3 is 5.73 Å². The average Bonchev–Trinajstić information content (AvgIpc) is 2.85. The first-order valence-corrected chi connectivity index (χ1v) is 6.96. The largest absolute Gasteiger partial charge is 0.329 e. The van der Waals surface area contributed by atoms with E-state index in [1.165, 1.54) is 31.7 Å². The van der Waals surface area contributed by atoms with Gasteiger partial charge in [0.1, 0.15) is 5.82 Å². The summed E-state index contributed by atoms with van der Waals surface area (Å²) in [6.07, 6.45) is 4.95. The summed E-state index contributed by atoms with van der Waals surface area (Å²) in [6, 6.07) is 5.46. The fourth-order valence-corrected chi connectivity index (χ4v) is 2.85. The van der Waals surface area contributed by atoms with Crippen LogP contribution in [0.15, 0.2) is 18.2 Å². The molecule has 1 aliphatic rings. The van der Waals surface area contributed by atoms with E-state index in [0.29, 0.717) is 29.7 Å². The van der Waals surface area contributed by atoms with Crippen molar-refractivity contribution in [2.75, 3.05) is 13.1 Å². The second-order valence-corrected chi connectivity index (χ2v) is 5.37. The summed E-state index contributed by atoms with van der Waals surface area (Å²) in [5, 5.41) is 0.447. The molecule has 4 heteroatoms. The molecule has 0 atom stereocenters. The van der Waals surface area contributed by atoms with E-state index in [2.05, 4.69) is 4.90 Å². The van der Waals surface area contributed by atoms with E-state index in [0.717, 1.165) is 6.54 Å². The highest BCUT2D eigenvalue weighted by molar-refractivity contribution is 6.30. The smallest absolute Gasteiger partial charge is 0.129 e. The number of nitrogens with two attached hydrogens (primary N) is 1. The molecule has 1 aromatic rings. The fourth-order valence-electron chi connectivity index (χ4n) is 2.69. The van der Waals surface area contributed by atoms with Gasteiger partial charge in [0.05, 0.1) is 0 Å². The van der Waals surface area contributed by atoms with Crippen LogP contribution in [0.4, 0.5) is 4.39 Å². The first-order chi connectivity index (χ1) is 8.70. The van der Waals surface area contributed by atoms with Crippen LogP contribution >= 0.6 is 11.6 Å². The molecule has 0 amide bonds. The quantitative estimate of drug-likeness (QED) is 0.890. The number of rotatable bonds is 5. The van der Waals surface area contributed by atoms with Gasteiger partial charge in [0.15, 0.2) is 0 Å². The van der Waals surface area contributed by atoms with Crippen molar-refractivity contribution in [3.8, 4) is 0 Å². The van der Waals surface area contributed by atoms with Crippen molar-refractivity contribution in [3.63, 3.8) is 0 Å². The lowest BCUT2D eigenvalue weighted by Crippen LogP contribution is -2.36. The summed E-state index contributed by atoms with van der Waals surface area (Å²) < 4.78 is 13.8. The second kappa shape index (κ2) is 6.50. The summed E-state index contributed by atoms with van der Waals surface area (Å²) in [7, 11) is 0. The lowest BCUT2D eigenvalue weighted by molar-refractivity contribution is 0.193. The summed E-state index contributed by atoms with van der Waals surface area (Å²) in [6.45, 7) is 2.07. The normalized spacial score (nSPS) is 16.7. The monoisotopic (exact) mass is 270 g/mol. The average molecular weight is 271 g/mol. The SMILES string of the molecule is NCCN(Cc1ccc(Cl)cc1F)C1CCCC1. The third kappa shape index (κ3) is 3.44. The fraction of sp³-hybridized carbons (Fsp3) is 0.571. The van der Waals surface area contributed by atoms with Crippen molar-refractivity contribution >= 4 is 11.6 Å². The van der Waals surface area contributed by atoms with Crippen molar-refractivity contribution in [1.29, 1.82) is 0 Å². The standard InChI is InChI=1S/C14H20ClFN2/c15-12-6-5-11(14(16)9-12)10-18(8-7-17)13-3-1-2-4-13/h5-6,9,13H,1-4,7-8,10,17H2. The Morgan fingerprint density at radius 2 is 2.06 bits per heavy atom. The molecule has 2 nitrogen and oxygen atoms in total. The van der Waals surface area contributed by atoms with Crippen LogP contribution in [0.25, 0.3) is 0 Å². The van der Waals surface area contributed by atoms with E-state index in [9.17, 15) is 4.39 Å². The number of hydrogen-bond acceptors (Lipinski definition) is 2. The molecule has 0 aliphatic heterocycles. The molecule has 0 radical (unpaired) electrons. The summed E-state index contributed by atoms with van der Waals surface area (Å²) >= 11 is 5.77. The van der Waals surface area contributed by atoms with Crippen LogP contribution in [0.1, 0.15) is 31.2 Å². The lowest BCUT2D eigenvalue weighted by atomic mass is 10.1. The van der Waals surface area contributed by atoms with Gasteiger partial charge in [-0.1, -0.05) is 30.5 Å². The Morgan fingerprint density at radius 1 is 1.33 bits per heavy atom. The Balaban J connectivity index is 2.07. The molecule has 0 unspecified atom stereocenters. The Morgan fingerprint density at radius 3 is 2.67 bits per heavy atom. The first kappa shape index (κ1) is 13.8. The van der Waals surface area contributed by atoms with E-state index in [1.807, 2.05) is 0 Å². The number of benzene rings is 1. The molecule has 1 aliphatic carbocycles. The van der Waals surface area contributed by atoms with Crippen LogP contribution in [0.3, 0.4) is 0 Å². The molecular weight excluding hydrogens is 251 g/mol. The van der Waals surface area contributed by atoms with Crippen LogP contribution in [-0.2, 0) is 6.54 Å². The van der Waals surface area contributed by atoms with Gasteiger partial charge in [-0.05, 0) is 25.0 Å². The van der Waals surface area contributed by atoms with E-state index in [1.54, 1.807) is 12.1 Å². The molecule has 0 spiro atoms. The van der Waals surface area contributed by atoms with E-state index < -0.39 is 0 Å². The van der Waals surface area contributed by atoms with Crippen molar-refractivity contribution in [2.45, 2.75) is 38.3 Å². The van der Waals surface area contributed by atoms with Gasteiger partial charge in [0.25, 0.3) is 0 Å². The molecule has 0 bridgehead atoms. The van der Waals surface area contributed by atoms with E-state index in [4.69, 9.17) is 17.3 Å². The predicted molar refractivity (Wildman–Crippen MR) is 73.1 cm³/mol. The maximum atomic E-state index is 13.8.